The van der Waals surface area contributed by atoms with Crippen molar-refractivity contribution in [1.29, 1.82) is 10.8 Å². The van der Waals surface area contributed by atoms with E-state index in [2.05, 4.69) is 4.74 Å². The number of nitrogens with one attached hydrogen (secondary N) is 2. The van der Waals surface area contributed by atoms with Crippen LogP contribution in [0.4, 0.5) is 13.2 Å². The molecule has 1 heterocycles. The average Bonchev–Trinajstić information content (AvgIpc) is 2.73. The molecule has 1 aromatic heterocycles. The summed E-state index contributed by atoms with van der Waals surface area (Å²) in [6.45, 7) is 1.92. The maximum atomic E-state index is 12.3. The van der Waals surface area contributed by atoms with Crippen LogP contribution in [0.15, 0.2) is 66.9 Å². The van der Waals surface area contributed by atoms with Crippen molar-refractivity contribution in [3.63, 3.8) is 0 Å². The molecule has 0 spiro atoms. The summed E-state index contributed by atoms with van der Waals surface area (Å²) in [5.41, 5.74) is 1.87. The van der Waals surface area contributed by atoms with Crippen molar-refractivity contribution in [3.8, 4) is 16.9 Å². The van der Waals surface area contributed by atoms with Crippen LogP contribution in [0, 0.1) is 10.8 Å². The molecule has 0 amide bonds. The van der Waals surface area contributed by atoms with E-state index in [0.29, 0.717) is 16.7 Å². The van der Waals surface area contributed by atoms with Gasteiger partial charge >= 0.3 is 12.3 Å². The number of carbonyl (C=O) groups excluding carboxylic acids is 1. The minimum atomic E-state index is -4.77. The number of rotatable bonds is 5. The van der Waals surface area contributed by atoms with E-state index >= 15 is 0 Å². The number of pyridine rings is 1. The fourth-order valence-electron chi connectivity index (χ4n) is 2.85. The Hall–Kier alpha value is -3.88. The van der Waals surface area contributed by atoms with Crippen LogP contribution in [0.1, 0.15) is 22.8 Å². The Morgan fingerprint density at radius 2 is 1.65 bits per heavy atom. The number of alkyl halides is 3. The summed E-state index contributed by atoms with van der Waals surface area (Å²) in [4.78, 5) is 12.0. The summed E-state index contributed by atoms with van der Waals surface area (Å²) in [7, 11) is 0. The third-order valence-corrected chi connectivity index (χ3v) is 4.26. The van der Waals surface area contributed by atoms with Gasteiger partial charge in [0.2, 0.25) is 0 Å². The zero-order valence-corrected chi connectivity index (χ0v) is 16.4. The maximum absolute atomic E-state index is 12.3. The van der Waals surface area contributed by atoms with E-state index < -0.39 is 12.3 Å². The van der Waals surface area contributed by atoms with E-state index in [0.717, 1.165) is 0 Å². The van der Waals surface area contributed by atoms with Gasteiger partial charge in [-0.1, -0.05) is 24.3 Å². The normalized spacial score (nSPS) is 11.1. The van der Waals surface area contributed by atoms with Gasteiger partial charge in [0, 0.05) is 11.8 Å². The third kappa shape index (κ3) is 5.39. The summed E-state index contributed by atoms with van der Waals surface area (Å²) >= 11 is 0. The quantitative estimate of drug-likeness (QED) is 0.353. The monoisotopic (exact) mass is 429 g/mol. The molecule has 9 heteroatoms. The molecule has 2 N–H and O–H groups in total. The fraction of sp³-hybridized carbons (Fsp3) is 0.136. The van der Waals surface area contributed by atoms with Crippen molar-refractivity contribution in [2.24, 2.45) is 0 Å². The number of ether oxygens (including phenoxy) is 2. The second-order valence-corrected chi connectivity index (χ2v) is 6.40. The van der Waals surface area contributed by atoms with Crippen LogP contribution in [0.5, 0.6) is 5.75 Å². The zero-order valence-electron chi connectivity index (χ0n) is 16.4. The number of hydrogen-bond acceptors (Lipinski definition) is 5. The van der Waals surface area contributed by atoms with E-state index in [1.165, 1.54) is 47.2 Å². The molecule has 0 fully saturated rings. The fourth-order valence-corrected chi connectivity index (χ4v) is 2.85. The Morgan fingerprint density at radius 3 is 2.29 bits per heavy atom. The van der Waals surface area contributed by atoms with E-state index in [1.54, 1.807) is 31.2 Å². The highest BCUT2D eigenvalue weighted by molar-refractivity contribution is 6.00. The molecule has 0 radical (unpaired) electrons. The number of nitrogens with zero attached hydrogens (tertiary/aromatic N) is 1. The first kappa shape index (κ1) is 21.8. The summed E-state index contributed by atoms with van der Waals surface area (Å²) < 4.78 is 47.2. The maximum Gasteiger partial charge on any atom is 0.573 e. The molecular formula is C22H18F3N3O3. The molecule has 0 saturated carbocycles. The van der Waals surface area contributed by atoms with Gasteiger partial charge in [-0.05, 0) is 54.4 Å². The first-order valence-electron chi connectivity index (χ1n) is 9.18. The first-order chi connectivity index (χ1) is 14.7. The van der Waals surface area contributed by atoms with Gasteiger partial charge in [-0.15, -0.1) is 13.2 Å². The van der Waals surface area contributed by atoms with Crippen LogP contribution in [0.3, 0.4) is 0 Å². The molecule has 0 saturated heterocycles. The Kier molecular flexibility index (Phi) is 6.24. The second kappa shape index (κ2) is 8.86. The lowest BCUT2D eigenvalue weighted by molar-refractivity contribution is -0.274. The van der Waals surface area contributed by atoms with Crippen molar-refractivity contribution < 1.29 is 27.4 Å². The van der Waals surface area contributed by atoms with Gasteiger partial charge in [0.15, 0.2) is 0 Å². The number of esters is 1. The van der Waals surface area contributed by atoms with Gasteiger partial charge in [-0.25, -0.2) is 4.79 Å². The number of benzene rings is 2. The van der Waals surface area contributed by atoms with E-state index in [-0.39, 0.29) is 29.2 Å². The standard InChI is InChI=1S/C22H18F3N3O3/c1-2-30-21(29)16-5-3-4-15(12-16)20(27)28-13-17(8-11-19(28)26)14-6-9-18(10-7-14)31-22(23,24)25/h3-13,26-27H,2H2,1H3. The van der Waals surface area contributed by atoms with Crippen molar-refractivity contribution in [1.82, 2.24) is 4.57 Å². The van der Waals surface area contributed by atoms with Crippen LogP contribution in [0.2, 0.25) is 0 Å². The molecule has 3 aromatic rings. The van der Waals surface area contributed by atoms with Gasteiger partial charge < -0.3 is 9.47 Å². The molecule has 0 unspecified atom stereocenters. The number of aromatic nitrogens is 1. The van der Waals surface area contributed by atoms with Crippen LogP contribution in [0.25, 0.3) is 11.1 Å². The van der Waals surface area contributed by atoms with Gasteiger partial charge in [-0.2, -0.15) is 0 Å². The largest absolute Gasteiger partial charge is 0.573 e. The SMILES string of the molecule is CCOC(=O)c1cccc(C(=N)n2cc(-c3ccc(OC(F)(F)F)cc3)ccc2=N)c1. The van der Waals surface area contributed by atoms with Crippen molar-refractivity contribution in [2.45, 2.75) is 13.3 Å². The Balaban J connectivity index is 1.91. The Bertz CT molecular complexity index is 1170. The van der Waals surface area contributed by atoms with Crippen LogP contribution < -0.4 is 10.2 Å². The highest BCUT2D eigenvalue weighted by atomic mass is 19.4. The first-order valence-corrected chi connectivity index (χ1v) is 9.18. The average molecular weight is 429 g/mol. The Labute approximate surface area is 175 Å². The van der Waals surface area contributed by atoms with Crippen molar-refractivity contribution >= 4 is 11.8 Å². The molecule has 160 valence electrons. The number of carbonyl (C=O) groups is 1. The molecule has 0 bridgehead atoms. The lowest BCUT2D eigenvalue weighted by Gasteiger charge is -2.13. The molecule has 6 nitrogen and oxygen atoms in total. The second-order valence-electron chi connectivity index (χ2n) is 6.40. The predicted octanol–water partition coefficient (Wildman–Crippen LogP) is 4.58. The van der Waals surface area contributed by atoms with Gasteiger partial charge in [0.1, 0.15) is 17.1 Å². The molecule has 0 atom stereocenters. The van der Waals surface area contributed by atoms with Crippen molar-refractivity contribution in [2.75, 3.05) is 6.61 Å². The predicted molar refractivity (Wildman–Crippen MR) is 107 cm³/mol. The highest BCUT2D eigenvalue weighted by Gasteiger charge is 2.30. The van der Waals surface area contributed by atoms with E-state index in [1.807, 2.05) is 0 Å². The molecule has 31 heavy (non-hydrogen) atoms. The van der Waals surface area contributed by atoms with E-state index in [9.17, 15) is 18.0 Å². The summed E-state index contributed by atoms with van der Waals surface area (Å²) in [5, 5.41) is 16.6. The summed E-state index contributed by atoms with van der Waals surface area (Å²) in [6, 6.07) is 14.7. The minimum absolute atomic E-state index is 0.0207. The van der Waals surface area contributed by atoms with Crippen LogP contribution >= 0.6 is 0 Å². The molecule has 0 aliphatic heterocycles. The van der Waals surface area contributed by atoms with Gasteiger partial charge in [0.05, 0.1) is 12.2 Å². The lowest BCUT2D eigenvalue weighted by atomic mass is 10.1. The Morgan fingerprint density at radius 1 is 1.00 bits per heavy atom. The molecular weight excluding hydrogens is 411 g/mol. The van der Waals surface area contributed by atoms with Gasteiger partial charge in [-0.3, -0.25) is 15.4 Å². The minimum Gasteiger partial charge on any atom is -0.462 e. The summed E-state index contributed by atoms with van der Waals surface area (Å²) in [6.07, 6.45) is -3.24. The van der Waals surface area contributed by atoms with Crippen LogP contribution in [-0.2, 0) is 4.74 Å². The molecule has 3 rings (SSSR count). The molecule has 0 aliphatic carbocycles. The summed E-state index contributed by atoms with van der Waals surface area (Å²) in [5.74, 6) is -0.900. The molecule has 2 aromatic carbocycles. The van der Waals surface area contributed by atoms with Crippen LogP contribution in [-0.4, -0.2) is 29.3 Å². The number of halogens is 3. The number of hydrogen-bond donors (Lipinski definition) is 2. The topological polar surface area (TPSA) is 88.2 Å². The smallest absolute Gasteiger partial charge is 0.462 e. The zero-order chi connectivity index (χ0) is 22.6. The third-order valence-electron chi connectivity index (χ3n) is 4.26. The molecule has 0 aliphatic rings. The highest BCUT2D eigenvalue weighted by Crippen LogP contribution is 2.26. The van der Waals surface area contributed by atoms with Crippen molar-refractivity contribution in [3.05, 3.63) is 83.5 Å². The van der Waals surface area contributed by atoms with Gasteiger partial charge in [0.25, 0.3) is 0 Å². The van der Waals surface area contributed by atoms with E-state index in [4.69, 9.17) is 15.6 Å². The lowest BCUT2D eigenvalue weighted by Crippen LogP contribution is -2.26.